The molecule has 6 heteroatoms. The van der Waals surface area contributed by atoms with Crippen molar-refractivity contribution in [2.75, 3.05) is 5.32 Å². The van der Waals surface area contributed by atoms with E-state index in [0.717, 1.165) is 6.07 Å². The predicted octanol–water partition coefficient (Wildman–Crippen LogP) is 4.79. The molecule has 1 aromatic heterocycles. The molecule has 0 bridgehead atoms. The van der Waals surface area contributed by atoms with Gasteiger partial charge in [-0.15, -0.1) is 0 Å². The standard InChI is InChI=1S/C18H17ClFNO3/c1-9-15-13(22)7-18(2,3)8-14(15)24-16(9)17(23)21-10-4-5-11(19)12(20)6-10/h4-6H,7-8H2,1-3H3,(H,21,23). The normalized spacial score (nSPS) is 16.0. The fraction of sp³-hybridized carbons (Fsp3) is 0.333. The van der Waals surface area contributed by atoms with Crippen LogP contribution in [0.15, 0.2) is 22.6 Å². The Balaban J connectivity index is 1.91. The van der Waals surface area contributed by atoms with Crippen LogP contribution in [0.1, 0.15) is 52.5 Å². The summed E-state index contributed by atoms with van der Waals surface area (Å²) in [6.07, 6.45) is 1.02. The third kappa shape index (κ3) is 2.96. The lowest BCUT2D eigenvalue weighted by atomic mass is 9.76. The van der Waals surface area contributed by atoms with Crippen LogP contribution >= 0.6 is 11.6 Å². The van der Waals surface area contributed by atoms with Crippen molar-refractivity contribution in [2.45, 2.75) is 33.6 Å². The van der Waals surface area contributed by atoms with Gasteiger partial charge in [0.2, 0.25) is 0 Å². The van der Waals surface area contributed by atoms with Gasteiger partial charge in [0.1, 0.15) is 11.6 Å². The third-order valence-corrected chi connectivity index (χ3v) is 4.47. The van der Waals surface area contributed by atoms with E-state index in [4.69, 9.17) is 16.0 Å². The summed E-state index contributed by atoms with van der Waals surface area (Å²) in [5, 5.41) is 2.55. The van der Waals surface area contributed by atoms with Gasteiger partial charge in [-0.05, 0) is 30.5 Å². The van der Waals surface area contributed by atoms with Gasteiger partial charge in [-0.2, -0.15) is 0 Å². The number of rotatable bonds is 2. The highest BCUT2D eigenvalue weighted by Gasteiger charge is 2.37. The maximum Gasteiger partial charge on any atom is 0.291 e. The largest absolute Gasteiger partial charge is 0.455 e. The van der Waals surface area contributed by atoms with Crippen molar-refractivity contribution in [3.05, 3.63) is 51.7 Å². The first kappa shape index (κ1) is 16.7. The van der Waals surface area contributed by atoms with Gasteiger partial charge < -0.3 is 9.73 Å². The van der Waals surface area contributed by atoms with E-state index in [2.05, 4.69) is 5.32 Å². The molecule has 1 amide bonds. The van der Waals surface area contributed by atoms with Crippen molar-refractivity contribution in [3.8, 4) is 0 Å². The maximum atomic E-state index is 13.5. The lowest BCUT2D eigenvalue weighted by Gasteiger charge is -2.27. The Morgan fingerprint density at radius 1 is 1.33 bits per heavy atom. The van der Waals surface area contributed by atoms with Gasteiger partial charge in [0, 0.05) is 24.1 Å². The summed E-state index contributed by atoms with van der Waals surface area (Å²) >= 11 is 5.63. The topological polar surface area (TPSA) is 59.3 Å². The third-order valence-electron chi connectivity index (χ3n) is 4.16. The molecule has 4 nitrogen and oxygen atoms in total. The summed E-state index contributed by atoms with van der Waals surface area (Å²) in [6.45, 7) is 5.67. The average Bonchev–Trinajstić information content (AvgIpc) is 2.78. The monoisotopic (exact) mass is 349 g/mol. The van der Waals surface area contributed by atoms with Gasteiger partial charge >= 0.3 is 0 Å². The molecule has 0 aliphatic heterocycles. The number of benzene rings is 1. The Kier molecular flexibility index (Phi) is 4.00. The van der Waals surface area contributed by atoms with Gasteiger partial charge in [-0.1, -0.05) is 25.4 Å². The number of carbonyl (C=O) groups excluding carboxylic acids is 2. The molecule has 2 aromatic rings. The Bertz CT molecular complexity index is 854. The number of hydrogen-bond acceptors (Lipinski definition) is 3. The fourth-order valence-corrected chi connectivity index (χ4v) is 3.18. The van der Waals surface area contributed by atoms with E-state index in [9.17, 15) is 14.0 Å². The second kappa shape index (κ2) is 5.74. The summed E-state index contributed by atoms with van der Waals surface area (Å²) in [5.74, 6) is -0.530. The zero-order valence-corrected chi connectivity index (χ0v) is 14.4. The van der Waals surface area contributed by atoms with E-state index in [1.807, 2.05) is 13.8 Å². The van der Waals surface area contributed by atoms with Crippen LogP contribution in [-0.4, -0.2) is 11.7 Å². The first-order valence-corrected chi connectivity index (χ1v) is 7.97. The number of furan rings is 1. The minimum absolute atomic E-state index is 0.0147. The number of hydrogen-bond donors (Lipinski definition) is 1. The molecule has 1 aliphatic rings. The van der Waals surface area contributed by atoms with Crippen molar-refractivity contribution in [3.63, 3.8) is 0 Å². The molecule has 0 atom stereocenters. The van der Waals surface area contributed by atoms with E-state index in [-0.39, 0.29) is 27.7 Å². The molecule has 1 aliphatic carbocycles. The van der Waals surface area contributed by atoms with E-state index in [1.54, 1.807) is 6.92 Å². The van der Waals surface area contributed by atoms with Gasteiger partial charge in [0.05, 0.1) is 10.6 Å². The Hall–Kier alpha value is -2.14. The van der Waals surface area contributed by atoms with E-state index < -0.39 is 11.7 Å². The number of amides is 1. The quantitative estimate of drug-likeness (QED) is 0.848. The molecule has 0 fully saturated rings. The minimum atomic E-state index is -0.623. The summed E-state index contributed by atoms with van der Waals surface area (Å²) in [5.41, 5.74) is 1.10. The first-order valence-electron chi connectivity index (χ1n) is 7.60. The zero-order chi connectivity index (χ0) is 17.6. The van der Waals surface area contributed by atoms with Crippen molar-refractivity contribution in [1.29, 1.82) is 0 Å². The van der Waals surface area contributed by atoms with Crippen LogP contribution in [0.5, 0.6) is 0 Å². The van der Waals surface area contributed by atoms with Crippen LogP contribution in [0.2, 0.25) is 5.02 Å². The van der Waals surface area contributed by atoms with E-state index in [0.29, 0.717) is 29.7 Å². The molecule has 126 valence electrons. The number of anilines is 1. The molecule has 0 radical (unpaired) electrons. The average molecular weight is 350 g/mol. The molecule has 3 rings (SSSR count). The number of ketones is 1. The van der Waals surface area contributed by atoms with Crippen LogP contribution in [0.25, 0.3) is 0 Å². The smallest absolute Gasteiger partial charge is 0.291 e. The Morgan fingerprint density at radius 3 is 2.71 bits per heavy atom. The molecule has 1 heterocycles. The SMILES string of the molecule is Cc1c(C(=O)Nc2ccc(Cl)c(F)c2)oc2c1C(=O)CC(C)(C)C2. The van der Waals surface area contributed by atoms with Crippen LogP contribution in [0.3, 0.4) is 0 Å². The summed E-state index contributed by atoms with van der Waals surface area (Å²) in [7, 11) is 0. The highest BCUT2D eigenvalue weighted by atomic mass is 35.5. The molecular formula is C18H17ClFNO3. The Morgan fingerprint density at radius 2 is 2.04 bits per heavy atom. The highest BCUT2D eigenvalue weighted by Crippen LogP contribution is 2.38. The van der Waals surface area contributed by atoms with Crippen LogP contribution in [-0.2, 0) is 6.42 Å². The number of Topliss-reactive ketones (excluding diaryl/α,β-unsaturated/α-hetero) is 1. The zero-order valence-electron chi connectivity index (χ0n) is 13.6. The van der Waals surface area contributed by atoms with Crippen LogP contribution in [0, 0.1) is 18.2 Å². The van der Waals surface area contributed by atoms with Crippen molar-refractivity contribution in [2.24, 2.45) is 5.41 Å². The van der Waals surface area contributed by atoms with Gasteiger partial charge in [0.15, 0.2) is 11.5 Å². The molecule has 1 aromatic carbocycles. The van der Waals surface area contributed by atoms with Crippen molar-refractivity contribution in [1.82, 2.24) is 0 Å². The lowest BCUT2D eigenvalue weighted by Crippen LogP contribution is -2.26. The van der Waals surface area contributed by atoms with E-state index in [1.165, 1.54) is 12.1 Å². The molecule has 0 saturated heterocycles. The van der Waals surface area contributed by atoms with E-state index >= 15 is 0 Å². The number of fused-ring (bicyclic) bond motifs is 1. The molecule has 1 N–H and O–H groups in total. The number of halogens is 2. The van der Waals surface area contributed by atoms with Gasteiger partial charge in [0.25, 0.3) is 5.91 Å². The number of nitrogens with one attached hydrogen (secondary N) is 1. The molecular weight excluding hydrogens is 333 g/mol. The van der Waals surface area contributed by atoms with Crippen LogP contribution < -0.4 is 5.32 Å². The first-order chi connectivity index (χ1) is 11.2. The molecule has 0 saturated carbocycles. The maximum absolute atomic E-state index is 13.5. The molecule has 24 heavy (non-hydrogen) atoms. The van der Waals surface area contributed by atoms with Crippen molar-refractivity contribution < 1.29 is 18.4 Å². The molecule has 0 spiro atoms. The van der Waals surface area contributed by atoms with Gasteiger partial charge in [-0.25, -0.2) is 4.39 Å². The highest BCUT2D eigenvalue weighted by molar-refractivity contribution is 6.30. The van der Waals surface area contributed by atoms with Gasteiger partial charge in [-0.3, -0.25) is 9.59 Å². The fourth-order valence-electron chi connectivity index (χ4n) is 3.06. The Labute approximate surface area is 144 Å². The number of carbonyl (C=O) groups is 2. The van der Waals surface area contributed by atoms with Crippen molar-refractivity contribution >= 4 is 29.0 Å². The summed E-state index contributed by atoms with van der Waals surface area (Å²) < 4.78 is 19.2. The van der Waals surface area contributed by atoms with Crippen LogP contribution in [0.4, 0.5) is 10.1 Å². The lowest BCUT2D eigenvalue weighted by molar-refractivity contribution is 0.0898. The second-order valence-electron chi connectivity index (χ2n) is 6.88. The second-order valence-corrected chi connectivity index (χ2v) is 7.29. The molecule has 0 unspecified atom stereocenters. The predicted molar refractivity (Wildman–Crippen MR) is 89.2 cm³/mol. The minimum Gasteiger partial charge on any atom is -0.455 e. The summed E-state index contributed by atoms with van der Waals surface area (Å²) in [6, 6.07) is 3.99. The summed E-state index contributed by atoms with van der Waals surface area (Å²) in [4.78, 5) is 24.8.